The summed E-state index contributed by atoms with van der Waals surface area (Å²) in [6, 6.07) is 13.6. The summed E-state index contributed by atoms with van der Waals surface area (Å²) in [4.78, 5) is 11.9. The molecule has 4 N–H and O–H groups in total. The van der Waals surface area contributed by atoms with E-state index >= 15 is 0 Å². The van der Waals surface area contributed by atoms with Crippen molar-refractivity contribution in [2.75, 3.05) is 16.4 Å². The van der Waals surface area contributed by atoms with E-state index in [1.165, 1.54) is 11.1 Å². The number of aryl methyl sites for hydroxylation is 1. The molecular formula is C20H27N3O2. The fourth-order valence-electron chi connectivity index (χ4n) is 2.56. The van der Waals surface area contributed by atoms with Gasteiger partial charge in [-0.05, 0) is 63.9 Å². The molecule has 134 valence electrons. The molecule has 0 fully saturated rings. The summed E-state index contributed by atoms with van der Waals surface area (Å²) >= 11 is 0. The Kier molecular flexibility index (Phi) is 5.57. The Morgan fingerprint density at radius 3 is 2.48 bits per heavy atom. The number of hydrogen-bond acceptors (Lipinski definition) is 4. The monoisotopic (exact) mass is 341 g/mol. The first kappa shape index (κ1) is 18.6. The van der Waals surface area contributed by atoms with Crippen molar-refractivity contribution in [3.05, 3.63) is 53.6 Å². The molecule has 2 aromatic rings. The molecule has 1 unspecified atom stereocenters. The molecule has 1 atom stereocenters. The highest BCUT2D eigenvalue weighted by atomic mass is 16.6. The van der Waals surface area contributed by atoms with E-state index in [-0.39, 0.29) is 6.04 Å². The number of nitrogens with two attached hydrogens (primary N) is 1. The van der Waals surface area contributed by atoms with Crippen molar-refractivity contribution in [1.82, 2.24) is 0 Å². The Balaban J connectivity index is 2.14. The van der Waals surface area contributed by atoms with Crippen molar-refractivity contribution in [1.29, 1.82) is 0 Å². The average Bonchev–Trinajstić information content (AvgIpc) is 2.49. The normalized spacial score (nSPS) is 12.4. The molecular weight excluding hydrogens is 314 g/mol. The lowest BCUT2D eigenvalue weighted by Crippen LogP contribution is -2.27. The van der Waals surface area contributed by atoms with Gasteiger partial charge in [0.1, 0.15) is 5.60 Å². The minimum absolute atomic E-state index is 0.0836. The lowest BCUT2D eigenvalue weighted by molar-refractivity contribution is 0.0636. The van der Waals surface area contributed by atoms with Crippen LogP contribution >= 0.6 is 0 Å². The van der Waals surface area contributed by atoms with Crippen molar-refractivity contribution in [2.24, 2.45) is 0 Å². The van der Waals surface area contributed by atoms with Gasteiger partial charge in [0.15, 0.2) is 0 Å². The Morgan fingerprint density at radius 1 is 1.16 bits per heavy atom. The first-order valence-electron chi connectivity index (χ1n) is 8.37. The van der Waals surface area contributed by atoms with Gasteiger partial charge >= 0.3 is 6.09 Å². The fourth-order valence-corrected chi connectivity index (χ4v) is 2.56. The quantitative estimate of drug-likeness (QED) is 0.676. The van der Waals surface area contributed by atoms with Gasteiger partial charge in [0, 0.05) is 11.7 Å². The third-order valence-corrected chi connectivity index (χ3v) is 3.73. The second kappa shape index (κ2) is 7.47. The molecule has 0 aromatic heterocycles. The van der Waals surface area contributed by atoms with Crippen LogP contribution in [-0.4, -0.2) is 11.7 Å². The van der Waals surface area contributed by atoms with Gasteiger partial charge in [-0.25, -0.2) is 4.79 Å². The summed E-state index contributed by atoms with van der Waals surface area (Å²) in [6.07, 6.45) is -0.491. The van der Waals surface area contributed by atoms with Crippen LogP contribution in [0.3, 0.4) is 0 Å². The topological polar surface area (TPSA) is 76.4 Å². The molecule has 2 aromatic carbocycles. The largest absolute Gasteiger partial charge is 0.444 e. The van der Waals surface area contributed by atoms with Gasteiger partial charge in [-0.15, -0.1) is 0 Å². The number of rotatable bonds is 4. The predicted octanol–water partition coefficient (Wildman–Crippen LogP) is 5.10. The molecule has 5 nitrogen and oxygen atoms in total. The zero-order chi connectivity index (χ0) is 18.6. The van der Waals surface area contributed by atoms with Gasteiger partial charge < -0.3 is 15.8 Å². The van der Waals surface area contributed by atoms with Crippen molar-refractivity contribution in [2.45, 2.75) is 46.3 Å². The van der Waals surface area contributed by atoms with Gasteiger partial charge in [-0.3, -0.25) is 5.32 Å². The number of amides is 1. The van der Waals surface area contributed by atoms with Crippen LogP contribution in [0, 0.1) is 6.92 Å². The van der Waals surface area contributed by atoms with Gasteiger partial charge in [0.25, 0.3) is 0 Å². The molecule has 0 saturated carbocycles. The lowest BCUT2D eigenvalue weighted by Gasteiger charge is -2.21. The molecule has 0 aliphatic rings. The van der Waals surface area contributed by atoms with Crippen molar-refractivity contribution in [3.8, 4) is 0 Å². The van der Waals surface area contributed by atoms with Gasteiger partial charge in [-0.1, -0.05) is 24.3 Å². The summed E-state index contributed by atoms with van der Waals surface area (Å²) in [5, 5.41) is 6.15. The predicted molar refractivity (Wildman–Crippen MR) is 104 cm³/mol. The number of nitrogens with one attached hydrogen (secondary N) is 2. The number of ether oxygens (including phenoxy) is 1. The summed E-state index contributed by atoms with van der Waals surface area (Å²) in [5.74, 6) is 0. The van der Waals surface area contributed by atoms with E-state index in [2.05, 4.69) is 36.6 Å². The zero-order valence-electron chi connectivity index (χ0n) is 15.5. The number of nitrogen functional groups attached to an aromatic ring is 1. The van der Waals surface area contributed by atoms with E-state index in [9.17, 15) is 4.79 Å². The highest BCUT2D eigenvalue weighted by molar-refractivity contribution is 5.87. The first-order chi connectivity index (χ1) is 11.7. The van der Waals surface area contributed by atoms with E-state index in [1.807, 2.05) is 39.0 Å². The minimum atomic E-state index is -0.543. The van der Waals surface area contributed by atoms with Crippen LogP contribution in [0.2, 0.25) is 0 Å². The minimum Gasteiger partial charge on any atom is -0.444 e. The summed E-state index contributed by atoms with van der Waals surface area (Å²) in [5.41, 5.74) is 9.97. The van der Waals surface area contributed by atoms with Crippen LogP contribution in [0.5, 0.6) is 0 Å². The van der Waals surface area contributed by atoms with Crippen LogP contribution in [0.15, 0.2) is 42.5 Å². The fraction of sp³-hybridized carbons (Fsp3) is 0.350. The van der Waals surface area contributed by atoms with Gasteiger partial charge in [-0.2, -0.15) is 0 Å². The number of anilines is 3. The molecule has 25 heavy (non-hydrogen) atoms. The Morgan fingerprint density at radius 2 is 1.84 bits per heavy atom. The Hall–Kier alpha value is -2.69. The summed E-state index contributed by atoms with van der Waals surface area (Å²) < 4.78 is 5.28. The van der Waals surface area contributed by atoms with E-state index < -0.39 is 11.7 Å². The maximum atomic E-state index is 11.9. The lowest BCUT2D eigenvalue weighted by atomic mass is 10.0. The third-order valence-electron chi connectivity index (χ3n) is 3.73. The van der Waals surface area contributed by atoms with Crippen LogP contribution in [0.4, 0.5) is 21.9 Å². The van der Waals surface area contributed by atoms with Crippen LogP contribution in [0.1, 0.15) is 44.9 Å². The van der Waals surface area contributed by atoms with Crippen molar-refractivity contribution >= 4 is 23.2 Å². The molecule has 0 spiro atoms. The second-order valence-electron chi connectivity index (χ2n) is 7.15. The molecule has 0 heterocycles. The maximum Gasteiger partial charge on any atom is 0.412 e. The molecule has 5 heteroatoms. The highest BCUT2D eigenvalue weighted by Crippen LogP contribution is 2.28. The smallest absolute Gasteiger partial charge is 0.412 e. The molecule has 0 bridgehead atoms. The average molecular weight is 341 g/mol. The van der Waals surface area contributed by atoms with E-state index in [1.54, 1.807) is 12.1 Å². The SMILES string of the molecule is Cc1ccccc1C(C)Nc1cc(NC(=O)OC(C)(C)C)ccc1N. The molecule has 2 rings (SSSR count). The van der Waals surface area contributed by atoms with Crippen molar-refractivity contribution < 1.29 is 9.53 Å². The Bertz CT molecular complexity index is 751. The number of carbonyl (C=O) groups is 1. The summed E-state index contributed by atoms with van der Waals surface area (Å²) in [7, 11) is 0. The first-order valence-corrected chi connectivity index (χ1v) is 8.37. The van der Waals surface area contributed by atoms with Crippen LogP contribution < -0.4 is 16.4 Å². The van der Waals surface area contributed by atoms with Crippen LogP contribution in [-0.2, 0) is 4.74 Å². The third kappa shape index (κ3) is 5.41. The molecule has 0 saturated heterocycles. The molecule has 0 radical (unpaired) electrons. The van der Waals surface area contributed by atoms with Gasteiger partial charge in [0.2, 0.25) is 0 Å². The standard InChI is InChI=1S/C20H27N3O2/c1-13-8-6-7-9-16(13)14(2)22-18-12-15(10-11-17(18)21)23-19(24)25-20(3,4)5/h6-12,14,22H,21H2,1-5H3,(H,23,24). The van der Waals surface area contributed by atoms with E-state index in [0.717, 1.165) is 5.69 Å². The zero-order valence-corrected chi connectivity index (χ0v) is 15.5. The van der Waals surface area contributed by atoms with Crippen molar-refractivity contribution in [3.63, 3.8) is 0 Å². The summed E-state index contributed by atoms with van der Waals surface area (Å²) in [6.45, 7) is 9.64. The Labute approximate surface area is 149 Å². The number of hydrogen-bond donors (Lipinski definition) is 3. The second-order valence-corrected chi connectivity index (χ2v) is 7.15. The molecule has 0 aliphatic carbocycles. The molecule has 0 aliphatic heterocycles. The highest BCUT2D eigenvalue weighted by Gasteiger charge is 2.17. The maximum absolute atomic E-state index is 11.9. The van der Waals surface area contributed by atoms with E-state index in [0.29, 0.717) is 11.4 Å². The number of benzene rings is 2. The molecule has 1 amide bonds. The van der Waals surface area contributed by atoms with E-state index in [4.69, 9.17) is 10.5 Å². The number of carbonyl (C=O) groups excluding carboxylic acids is 1. The van der Waals surface area contributed by atoms with Crippen LogP contribution in [0.25, 0.3) is 0 Å². The van der Waals surface area contributed by atoms with Gasteiger partial charge in [0.05, 0.1) is 11.4 Å².